The first-order valence-corrected chi connectivity index (χ1v) is 8.43. The summed E-state index contributed by atoms with van der Waals surface area (Å²) >= 11 is 6.02. The largest absolute Gasteiger partial charge is 0.435 e. The van der Waals surface area contributed by atoms with Crippen LogP contribution in [-0.4, -0.2) is 35.7 Å². The molecule has 0 aliphatic carbocycles. The highest BCUT2D eigenvalue weighted by Crippen LogP contribution is 2.39. The summed E-state index contributed by atoms with van der Waals surface area (Å²) < 4.78 is 38.9. The topological polar surface area (TPSA) is 111 Å². The van der Waals surface area contributed by atoms with Crippen LogP contribution in [0.15, 0.2) is 24.8 Å². The van der Waals surface area contributed by atoms with Crippen molar-refractivity contribution in [1.82, 2.24) is 35.0 Å². The van der Waals surface area contributed by atoms with Gasteiger partial charge in [-0.25, -0.2) is 24.7 Å². The number of carbonyl (C=O) groups excluding carboxylic acids is 1. The summed E-state index contributed by atoms with van der Waals surface area (Å²) in [6.45, 7) is 1.61. The van der Waals surface area contributed by atoms with Crippen LogP contribution in [0.1, 0.15) is 24.5 Å². The number of rotatable bonds is 4. The maximum absolute atomic E-state index is 12.7. The minimum atomic E-state index is -4.70. The predicted octanol–water partition coefficient (Wildman–Crippen LogP) is 3.07. The number of amides is 2. The summed E-state index contributed by atoms with van der Waals surface area (Å²) in [6, 6.07) is 0.183. The molecule has 0 fully saturated rings. The van der Waals surface area contributed by atoms with E-state index in [4.69, 9.17) is 11.6 Å². The van der Waals surface area contributed by atoms with Gasteiger partial charge in [-0.1, -0.05) is 22.9 Å². The third-order valence-corrected chi connectivity index (χ3v) is 4.30. The predicted molar refractivity (Wildman–Crippen MR) is 89.6 cm³/mol. The van der Waals surface area contributed by atoms with E-state index >= 15 is 0 Å². The second-order valence-electron chi connectivity index (χ2n) is 5.04. The Hall–Kier alpha value is -2.80. The van der Waals surface area contributed by atoms with Crippen molar-refractivity contribution in [3.63, 3.8) is 0 Å². The van der Waals surface area contributed by atoms with Gasteiger partial charge in [-0.3, -0.25) is 5.32 Å². The molecule has 0 unspecified atom stereocenters. The fourth-order valence-corrected chi connectivity index (χ4v) is 3.10. The second kappa shape index (κ2) is 7.44. The molecule has 0 aliphatic heterocycles. The molecule has 142 valence electrons. The van der Waals surface area contributed by atoms with Gasteiger partial charge in [-0.15, -0.1) is 0 Å². The van der Waals surface area contributed by atoms with Gasteiger partial charge >= 0.3 is 12.2 Å². The molecule has 3 heterocycles. The van der Waals surface area contributed by atoms with E-state index in [-0.39, 0.29) is 11.1 Å². The van der Waals surface area contributed by atoms with Crippen LogP contribution in [0.5, 0.6) is 0 Å². The Morgan fingerprint density at radius 2 is 2.00 bits per heavy atom. The summed E-state index contributed by atoms with van der Waals surface area (Å²) in [7, 11) is 0. The Kier molecular flexibility index (Phi) is 5.23. The third kappa shape index (κ3) is 4.31. The van der Waals surface area contributed by atoms with Gasteiger partial charge in [-0.05, 0) is 13.0 Å². The molecule has 0 radical (unpaired) electrons. The average molecular weight is 419 g/mol. The van der Waals surface area contributed by atoms with E-state index in [1.807, 2.05) is 0 Å². The summed E-state index contributed by atoms with van der Waals surface area (Å²) in [5.74, 6) is 0.574. The minimum absolute atomic E-state index is 0.251. The fraction of sp³-hybridized carbons (Fsp3) is 0.231. The number of anilines is 1. The van der Waals surface area contributed by atoms with Gasteiger partial charge in [-0.2, -0.15) is 23.0 Å². The molecule has 14 heteroatoms. The minimum Gasteiger partial charge on any atom is -0.328 e. The molecule has 3 rings (SSSR count). The number of nitrogens with one attached hydrogen (secondary N) is 2. The van der Waals surface area contributed by atoms with Gasteiger partial charge in [0.2, 0.25) is 0 Å². The smallest absolute Gasteiger partial charge is 0.328 e. The van der Waals surface area contributed by atoms with Crippen LogP contribution in [0.3, 0.4) is 0 Å². The number of hydrogen-bond donors (Lipinski definition) is 2. The Balaban J connectivity index is 1.70. The normalized spacial score (nSPS) is 12.6. The van der Waals surface area contributed by atoms with Gasteiger partial charge < -0.3 is 5.32 Å². The summed E-state index contributed by atoms with van der Waals surface area (Å²) in [5.41, 5.74) is -1.25. The number of carbonyl (C=O) groups is 1. The molecular weight excluding hydrogens is 409 g/mol. The molecule has 27 heavy (non-hydrogen) atoms. The van der Waals surface area contributed by atoms with Crippen LogP contribution >= 0.6 is 22.9 Å². The standard InChI is InChI=1S/C13H10ClF3N8OS/c1-6(9-20-5-21-25(9)10-18-3-2-4-19-10)22-11(26)24-12-23-7(8(14)27-12)13(15,16)17/h2-6H,1H3,(H2,22,23,24,26)/t6-/m0/s1. The number of nitrogens with zero attached hydrogens (tertiary/aromatic N) is 6. The van der Waals surface area contributed by atoms with E-state index < -0.39 is 28.3 Å². The molecule has 0 saturated heterocycles. The van der Waals surface area contributed by atoms with Crippen molar-refractivity contribution < 1.29 is 18.0 Å². The number of urea groups is 1. The third-order valence-electron chi connectivity index (χ3n) is 3.13. The zero-order valence-corrected chi connectivity index (χ0v) is 15.0. The van der Waals surface area contributed by atoms with Crippen molar-refractivity contribution in [2.45, 2.75) is 19.1 Å². The van der Waals surface area contributed by atoms with E-state index in [1.165, 1.54) is 23.4 Å². The SMILES string of the molecule is C[C@H](NC(=O)Nc1nc(C(F)(F)F)c(Cl)s1)c1ncnn1-c1ncccn1. The summed E-state index contributed by atoms with van der Waals surface area (Å²) in [4.78, 5) is 27.5. The van der Waals surface area contributed by atoms with Gasteiger partial charge in [0.25, 0.3) is 5.95 Å². The number of hydrogen-bond acceptors (Lipinski definition) is 7. The van der Waals surface area contributed by atoms with Crippen molar-refractivity contribution in [3.05, 3.63) is 40.6 Å². The monoisotopic (exact) mass is 418 g/mol. The van der Waals surface area contributed by atoms with Crippen LogP contribution in [0.2, 0.25) is 4.34 Å². The lowest BCUT2D eigenvalue weighted by Gasteiger charge is -2.13. The van der Waals surface area contributed by atoms with Crippen LogP contribution in [0, 0.1) is 0 Å². The van der Waals surface area contributed by atoms with Gasteiger partial charge in [0.15, 0.2) is 16.6 Å². The highest BCUT2D eigenvalue weighted by molar-refractivity contribution is 7.19. The van der Waals surface area contributed by atoms with Gasteiger partial charge in [0.1, 0.15) is 10.7 Å². The lowest BCUT2D eigenvalue weighted by Crippen LogP contribution is -2.32. The van der Waals surface area contributed by atoms with Crippen LogP contribution in [0.4, 0.5) is 23.1 Å². The van der Waals surface area contributed by atoms with Gasteiger partial charge in [0, 0.05) is 12.4 Å². The Labute approximate surface area is 158 Å². The second-order valence-corrected chi connectivity index (χ2v) is 6.64. The quantitative estimate of drug-likeness (QED) is 0.673. The number of halogens is 4. The number of alkyl halides is 3. The molecule has 2 N–H and O–H groups in total. The maximum atomic E-state index is 12.7. The van der Waals surface area contributed by atoms with Crippen LogP contribution in [-0.2, 0) is 6.18 Å². The molecule has 2 amide bonds. The summed E-state index contributed by atoms with van der Waals surface area (Å²) in [6.07, 6.45) is -0.409. The maximum Gasteiger partial charge on any atom is 0.435 e. The highest BCUT2D eigenvalue weighted by Gasteiger charge is 2.37. The molecule has 3 aromatic heterocycles. The molecule has 0 bridgehead atoms. The lowest BCUT2D eigenvalue weighted by molar-refractivity contribution is -0.140. The Morgan fingerprint density at radius 3 is 2.63 bits per heavy atom. The Morgan fingerprint density at radius 1 is 1.30 bits per heavy atom. The van der Waals surface area contributed by atoms with Crippen LogP contribution in [0.25, 0.3) is 5.95 Å². The molecule has 3 aromatic rings. The number of aromatic nitrogens is 6. The van der Waals surface area contributed by atoms with E-state index in [1.54, 1.807) is 13.0 Å². The molecule has 0 aliphatic rings. The highest BCUT2D eigenvalue weighted by atomic mass is 35.5. The molecule has 0 saturated carbocycles. The molecule has 0 spiro atoms. The first-order valence-electron chi connectivity index (χ1n) is 7.24. The zero-order chi connectivity index (χ0) is 19.6. The molecule has 1 atom stereocenters. The van der Waals surface area contributed by atoms with Crippen LogP contribution < -0.4 is 10.6 Å². The zero-order valence-electron chi connectivity index (χ0n) is 13.4. The lowest BCUT2D eigenvalue weighted by atomic mass is 10.3. The van der Waals surface area contributed by atoms with Crippen molar-refractivity contribution in [3.8, 4) is 5.95 Å². The van der Waals surface area contributed by atoms with Crippen molar-refractivity contribution in [1.29, 1.82) is 0 Å². The van der Waals surface area contributed by atoms with E-state index in [0.29, 0.717) is 17.2 Å². The fourth-order valence-electron chi connectivity index (χ4n) is 2.02. The van der Waals surface area contributed by atoms with Crippen molar-refractivity contribution >= 4 is 34.1 Å². The Bertz CT molecular complexity index is 945. The average Bonchev–Trinajstić information content (AvgIpc) is 3.22. The first kappa shape index (κ1) is 19.0. The number of thiazole rings is 1. The van der Waals surface area contributed by atoms with Gasteiger partial charge in [0.05, 0.1) is 6.04 Å². The van der Waals surface area contributed by atoms with E-state index in [0.717, 1.165) is 0 Å². The molecule has 0 aromatic carbocycles. The van der Waals surface area contributed by atoms with Crippen molar-refractivity contribution in [2.75, 3.05) is 5.32 Å². The first-order chi connectivity index (χ1) is 12.8. The molecule has 9 nitrogen and oxygen atoms in total. The van der Waals surface area contributed by atoms with Crippen molar-refractivity contribution in [2.24, 2.45) is 0 Å². The van der Waals surface area contributed by atoms with E-state index in [2.05, 4.69) is 35.7 Å². The van der Waals surface area contributed by atoms with E-state index in [9.17, 15) is 18.0 Å². The summed E-state index contributed by atoms with van der Waals surface area (Å²) in [5, 5.41) is 8.44. The molecular formula is C13H10ClF3N8OS.